The van der Waals surface area contributed by atoms with E-state index < -0.39 is 4.92 Å². The third-order valence-corrected chi connectivity index (χ3v) is 1.42. The molecular formula is C6H7N5O2S. The molecule has 0 fully saturated rings. The third kappa shape index (κ3) is 2.52. The maximum atomic E-state index is 10.5. The van der Waals surface area contributed by atoms with Crippen molar-refractivity contribution in [2.45, 2.75) is 0 Å². The maximum absolute atomic E-state index is 10.5. The number of rotatable bonds is 3. The van der Waals surface area contributed by atoms with E-state index >= 15 is 0 Å². The highest BCUT2D eigenvalue weighted by molar-refractivity contribution is 7.80. The standard InChI is InChI=1S/C6H7N5O2S/c7-6(14)10-9-4-1-2-8-3-5(4)11(12)13/h1-3H,(H,8,9)(H3,7,10,14). The molecule has 0 aliphatic heterocycles. The number of nitrogens with one attached hydrogen (secondary N) is 2. The van der Waals surface area contributed by atoms with Gasteiger partial charge in [-0.15, -0.1) is 0 Å². The molecule has 0 radical (unpaired) electrons. The van der Waals surface area contributed by atoms with Gasteiger partial charge in [-0.05, 0) is 18.3 Å². The van der Waals surface area contributed by atoms with Gasteiger partial charge in [0.2, 0.25) is 0 Å². The van der Waals surface area contributed by atoms with E-state index in [1.807, 2.05) is 0 Å². The van der Waals surface area contributed by atoms with Crippen LogP contribution in [0.5, 0.6) is 0 Å². The summed E-state index contributed by atoms with van der Waals surface area (Å²) in [7, 11) is 0. The second-order valence-electron chi connectivity index (χ2n) is 2.26. The van der Waals surface area contributed by atoms with E-state index in [9.17, 15) is 10.1 Å². The van der Waals surface area contributed by atoms with E-state index in [-0.39, 0.29) is 16.5 Å². The summed E-state index contributed by atoms with van der Waals surface area (Å²) in [5.41, 5.74) is 10.1. The smallest absolute Gasteiger partial charge is 0.312 e. The fourth-order valence-corrected chi connectivity index (χ4v) is 0.817. The van der Waals surface area contributed by atoms with Crippen LogP contribution in [0, 0.1) is 10.1 Å². The summed E-state index contributed by atoms with van der Waals surface area (Å²) in [5, 5.41) is 10.5. The summed E-state index contributed by atoms with van der Waals surface area (Å²) in [6, 6.07) is 1.43. The normalized spacial score (nSPS) is 9.14. The largest absolute Gasteiger partial charge is 0.375 e. The number of aromatic nitrogens is 1. The Morgan fingerprint density at radius 2 is 2.43 bits per heavy atom. The predicted octanol–water partition coefficient (Wildman–Crippen LogP) is 0.150. The van der Waals surface area contributed by atoms with Crippen LogP contribution in [0.1, 0.15) is 0 Å². The number of hydrazine groups is 1. The van der Waals surface area contributed by atoms with Crippen molar-refractivity contribution in [2.75, 3.05) is 5.43 Å². The van der Waals surface area contributed by atoms with Gasteiger partial charge in [0.15, 0.2) is 5.11 Å². The molecule has 7 nitrogen and oxygen atoms in total. The molecular weight excluding hydrogens is 206 g/mol. The summed E-state index contributed by atoms with van der Waals surface area (Å²) in [4.78, 5) is 13.6. The lowest BCUT2D eigenvalue weighted by Gasteiger charge is -2.06. The molecule has 1 heterocycles. The Balaban J connectivity index is 2.84. The van der Waals surface area contributed by atoms with Gasteiger partial charge in [-0.25, -0.2) is 0 Å². The number of thiocarbonyl (C=S) groups is 1. The summed E-state index contributed by atoms with van der Waals surface area (Å²) in [6.07, 6.45) is 2.54. The van der Waals surface area contributed by atoms with Crippen LogP contribution in [0.3, 0.4) is 0 Å². The number of nitrogens with zero attached hydrogens (tertiary/aromatic N) is 2. The van der Waals surface area contributed by atoms with Crippen molar-refractivity contribution in [3.05, 3.63) is 28.6 Å². The van der Waals surface area contributed by atoms with Gasteiger partial charge in [0, 0.05) is 6.20 Å². The second kappa shape index (κ2) is 4.33. The van der Waals surface area contributed by atoms with E-state index in [1.165, 1.54) is 12.3 Å². The molecule has 0 bridgehead atoms. The zero-order valence-corrected chi connectivity index (χ0v) is 7.75. The predicted molar refractivity (Wildman–Crippen MR) is 54.4 cm³/mol. The van der Waals surface area contributed by atoms with Gasteiger partial charge in [0.1, 0.15) is 11.9 Å². The summed E-state index contributed by atoms with van der Waals surface area (Å²) >= 11 is 4.52. The van der Waals surface area contributed by atoms with Gasteiger partial charge < -0.3 is 5.73 Å². The Kier molecular flexibility index (Phi) is 3.13. The van der Waals surface area contributed by atoms with Crippen LogP contribution in [-0.4, -0.2) is 15.0 Å². The van der Waals surface area contributed by atoms with Gasteiger partial charge in [0.25, 0.3) is 0 Å². The fraction of sp³-hybridized carbons (Fsp3) is 0. The Hall–Kier alpha value is -1.96. The lowest BCUT2D eigenvalue weighted by molar-refractivity contribution is -0.384. The van der Waals surface area contributed by atoms with Crippen molar-refractivity contribution in [1.29, 1.82) is 0 Å². The van der Waals surface area contributed by atoms with Crippen molar-refractivity contribution < 1.29 is 4.92 Å². The van der Waals surface area contributed by atoms with Crippen LogP contribution in [-0.2, 0) is 0 Å². The Labute approximate surface area is 84.4 Å². The quantitative estimate of drug-likeness (QED) is 0.372. The first-order valence-corrected chi connectivity index (χ1v) is 3.92. The highest BCUT2D eigenvalue weighted by Gasteiger charge is 2.12. The minimum atomic E-state index is -0.559. The first kappa shape index (κ1) is 10.1. The number of nitro groups is 1. The van der Waals surface area contributed by atoms with Gasteiger partial charge in [-0.2, -0.15) is 0 Å². The average molecular weight is 213 g/mol. The van der Waals surface area contributed by atoms with Crippen LogP contribution < -0.4 is 16.6 Å². The molecule has 74 valence electrons. The zero-order chi connectivity index (χ0) is 10.6. The summed E-state index contributed by atoms with van der Waals surface area (Å²) in [5.74, 6) is 0. The van der Waals surface area contributed by atoms with Crippen molar-refractivity contribution >= 4 is 28.7 Å². The molecule has 0 atom stereocenters. The van der Waals surface area contributed by atoms with E-state index in [1.54, 1.807) is 0 Å². The molecule has 1 rings (SSSR count). The molecule has 0 saturated heterocycles. The molecule has 8 heteroatoms. The molecule has 0 aliphatic carbocycles. The Bertz CT molecular complexity index is 369. The molecule has 0 aromatic carbocycles. The van der Waals surface area contributed by atoms with Gasteiger partial charge in [-0.1, -0.05) is 0 Å². The van der Waals surface area contributed by atoms with Crippen LogP contribution in [0.2, 0.25) is 0 Å². The first-order chi connectivity index (χ1) is 6.61. The maximum Gasteiger partial charge on any atom is 0.312 e. The van der Waals surface area contributed by atoms with Crippen LogP contribution in [0.4, 0.5) is 11.4 Å². The topological polar surface area (TPSA) is 106 Å². The monoisotopic (exact) mass is 213 g/mol. The average Bonchev–Trinajstić information content (AvgIpc) is 2.15. The van der Waals surface area contributed by atoms with Gasteiger partial charge in [-0.3, -0.25) is 25.9 Å². The van der Waals surface area contributed by atoms with Gasteiger partial charge in [0.05, 0.1) is 4.92 Å². The van der Waals surface area contributed by atoms with Crippen molar-refractivity contribution in [3.63, 3.8) is 0 Å². The number of hydrogen-bond donors (Lipinski definition) is 3. The van der Waals surface area contributed by atoms with E-state index in [0.717, 1.165) is 6.20 Å². The molecule has 0 amide bonds. The molecule has 1 aromatic rings. The minimum absolute atomic E-state index is 0.00360. The van der Waals surface area contributed by atoms with Crippen LogP contribution in [0.25, 0.3) is 0 Å². The molecule has 0 saturated carbocycles. The molecule has 0 spiro atoms. The van der Waals surface area contributed by atoms with E-state index in [4.69, 9.17) is 5.73 Å². The second-order valence-corrected chi connectivity index (χ2v) is 2.70. The zero-order valence-electron chi connectivity index (χ0n) is 6.93. The lowest BCUT2D eigenvalue weighted by Crippen LogP contribution is -2.34. The third-order valence-electron chi connectivity index (χ3n) is 1.32. The molecule has 0 unspecified atom stereocenters. The van der Waals surface area contributed by atoms with Crippen LogP contribution in [0.15, 0.2) is 18.5 Å². The molecule has 4 N–H and O–H groups in total. The SMILES string of the molecule is NC(=S)NNc1ccncc1[N+](=O)[O-]. The lowest BCUT2D eigenvalue weighted by atomic mass is 10.4. The highest BCUT2D eigenvalue weighted by Crippen LogP contribution is 2.20. The van der Waals surface area contributed by atoms with Crippen molar-refractivity contribution in [1.82, 2.24) is 10.4 Å². The first-order valence-electron chi connectivity index (χ1n) is 3.51. The summed E-state index contributed by atoms with van der Waals surface area (Å²) in [6.45, 7) is 0. The molecule has 14 heavy (non-hydrogen) atoms. The van der Waals surface area contributed by atoms with E-state index in [2.05, 4.69) is 28.1 Å². The Morgan fingerprint density at radius 3 is 3.00 bits per heavy atom. The molecule has 1 aromatic heterocycles. The van der Waals surface area contributed by atoms with E-state index in [0.29, 0.717) is 0 Å². The number of nitrogens with two attached hydrogens (primary N) is 1. The highest BCUT2D eigenvalue weighted by atomic mass is 32.1. The van der Waals surface area contributed by atoms with Gasteiger partial charge >= 0.3 is 5.69 Å². The molecule has 0 aliphatic rings. The summed E-state index contributed by atoms with van der Waals surface area (Å²) < 4.78 is 0. The van der Waals surface area contributed by atoms with Crippen molar-refractivity contribution in [2.24, 2.45) is 5.73 Å². The Morgan fingerprint density at radius 1 is 1.71 bits per heavy atom. The fourth-order valence-electron chi connectivity index (χ4n) is 0.766. The minimum Gasteiger partial charge on any atom is -0.375 e. The number of hydrogen-bond acceptors (Lipinski definition) is 5. The van der Waals surface area contributed by atoms with Crippen LogP contribution >= 0.6 is 12.2 Å². The number of pyridine rings is 1. The van der Waals surface area contributed by atoms with Crippen molar-refractivity contribution in [3.8, 4) is 0 Å². The number of anilines is 1.